The van der Waals surface area contributed by atoms with Crippen LogP contribution in [0.15, 0.2) is 28.3 Å². The van der Waals surface area contributed by atoms with Crippen molar-refractivity contribution in [3.63, 3.8) is 0 Å². The van der Waals surface area contributed by atoms with Crippen LogP contribution < -0.4 is 5.73 Å². The van der Waals surface area contributed by atoms with Gasteiger partial charge < -0.3 is 15.0 Å². The van der Waals surface area contributed by atoms with E-state index in [-0.39, 0.29) is 0 Å². The molecular weight excluding hydrogens is 264 g/mol. The van der Waals surface area contributed by atoms with Crippen molar-refractivity contribution in [2.75, 3.05) is 12.8 Å². The van der Waals surface area contributed by atoms with Gasteiger partial charge >= 0.3 is 5.97 Å². The van der Waals surface area contributed by atoms with Crippen LogP contribution in [-0.4, -0.2) is 27.8 Å². The second kappa shape index (κ2) is 5.31. The molecule has 100 valence electrons. The minimum Gasteiger partial charge on any atom is -0.465 e. The number of benzene rings is 1. The Morgan fingerprint density at radius 2 is 2.16 bits per heavy atom. The molecule has 0 bridgehead atoms. The summed E-state index contributed by atoms with van der Waals surface area (Å²) < 4.78 is 6.59. The summed E-state index contributed by atoms with van der Waals surface area (Å²) >= 11 is 1.30. The minimum absolute atomic E-state index is 0.423. The Labute approximate surface area is 115 Å². The van der Waals surface area contributed by atoms with E-state index in [1.54, 1.807) is 18.2 Å². The van der Waals surface area contributed by atoms with Crippen LogP contribution >= 0.6 is 11.8 Å². The van der Waals surface area contributed by atoms with Crippen LogP contribution in [-0.2, 0) is 11.8 Å². The van der Waals surface area contributed by atoms with Gasteiger partial charge in [-0.25, -0.2) is 4.79 Å². The van der Waals surface area contributed by atoms with Gasteiger partial charge in [0.1, 0.15) is 5.82 Å². The number of esters is 1. The number of nitrogens with two attached hydrogens (primary N) is 1. The van der Waals surface area contributed by atoms with Gasteiger partial charge in [0.05, 0.1) is 17.6 Å². The standard InChI is InChI=1S/C12H14N4O2S/c1-7-14-15-12(16(7)2)19-10-8(11(17)18-3)5-4-6-9(10)13/h4-6H,13H2,1-3H3. The Hall–Kier alpha value is -2.02. The summed E-state index contributed by atoms with van der Waals surface area (Å²) in [5, 5.41) is 8.69. The number of nitrogens with zero attached hydrogens (tertiary/aromatic N) is 3. The lowest BCUT2D eigenvalue weighted by atomic mass is 10.2. The molecule has 2 rings (SSSR count). The van der Waals surface area contributed by atoms with E-state index in [0.717, 1.165) is 5.82 Å². The molecule has 0 aliphatic carbocycles. The SMILES string of the molecule is COC(=O)c1cccc(N)c1Sc1nnc(C)n1C. The zero-order valence-electron chi connectivity index (χ0n) is 10.9. The van der Waals surface area contributed by atoms with Crippen molar-refractivity contribution in [3.8, 4) is 0 Å². The third kappa shape index (κ3) is 2.55. The average molecular weight is 278 g/mol. The summed E-state index contributed by atoms with van der Waals surface area (Å²) in [6.45, 7) is 1.85. The smallest absolute Gasteiger partial charge is 0.339 e. The number of rotatable bonds is 3. The van der Waals surface area contributed by atoms with Crippen molar-refractivity contribution in [1.82, 2.24) is 14.8 Å². The van der Waals surface area contributed by atoms with E-state index in [2.05, 4.69) is 10.2 Å². The zero-order chi connectivity index (χ0) is 14.0. The van der Waals surface area contributed by atoms with Gasteiger partial charge in [-0.2, -0.15) is 0 Å². The number of methoxy groups -OCH3 is 1. The van der Waals surface area contributed by atoms with Crippen LogP contribution in [0.2, 0.25) is 0 Å². The largest absolute Gasteiger partial charge is 0.465 e. The second-order valence-electron chi connectivity index (χ2n) is 3.91. The van der Waals surface area contributed by atoms with E-state index < -0.39 is 5.97 Å². The molecule has 6 nitrogen and oxygen atoms in total. The predicted molar refractivity (Wildman–Crippen MR) is 72.1 cm³/mol. The van der Waals surface area contributed by atoms with Crippen molar-refractivity contribution >= 4 is 23.4 Å². The normalized spacial score (nSPS) is 10.5. The maximum Gasteiger partial charge on any atom is 0.339 e. The third-order valence-electron chi connectivity index (χ3n) is 2.70. The van der Waals surface area contributed by atoms with Crippen LogP contribution in [0.3, 0.4) is 0 Å². The molecule has 0 atom stereocenters. The van der Waals surface area contributed by atoms with Crippen LogP contribution in [0, 0.1) is 6.92 Å². The first kappa shape index (κ1) is 13.4. The molecule has 19 heavy (non-hydrogen) atoms. The molecule has 1 heterocycles. The average Bonchev–Trinajstić information content (AvgIpc) is 2.72. The maximum atomic E-state index is 11.7. The Balaban J connectivity index is 2.44. The van der Waals surface area contributed by atoms with Gasteiger partial charge in [0.25, 0.3) is 0 Å². The molecule has 2 N–H and O–H groups in total. The topological polar surface area (TPSA) is 83.0 Å². The maximum absolute atomic E-state index is 11.7. The molecule has 0 saturated heterocycles. The molecule has 1 aromatic carbocycles. The number of aryl methyl sites for hydroxylation is 1. The summed E-state index contributed by atoms with van der Waals surface area (Å²) in [5.41, 5.74) is 6.86. The molecule has 0 saturated carbocycles. The highest BCUT2D eigenvalue weighted by Crippen LogP contribution is 2.34. The molecule has 7 heteroatoms. The van der Waals surface area contributed by atoms with Crippen molar-refractivity contribution < 1.29 is 9.53 Å². The van der Waals surface area contributed by atoms with Gasteiger partial charge in [-0.15, -0.1) is 10.2 Å². The minimum atomic E-state index is -0.423. The van der Waals surface area contributed by atoms with Crippen LogP contribution in [0.25, 0.3) is 0 Å². The first-order valence-electron chi connectivity index (χ1n) is 5.55. The first-order valence-corrected chi connectivity index (χ1v) is 6.37. The summed E-state index contributed by atoms with van der Waals surface area (Å²) in [4.78, 5) is 12.4. The van der Waals surface area contributed by atoms with E-state index in [1.807, 2.05) is 18.5 Å². The van der Waals surface area contributed by atoms with E-state index in [1.165, 1.54) is 18.9 Å². The fourth-order valence-electron chi connectivity index (χ4n) is 1.51. The summed E-state index contributed by atoms with van der Waals surface area (Å²) in [7, 11) is 3.20. The lowest BCUT2D eigenvalue weighted by molar-refractivity contribution is 0.0597. The fraction of sp³-hybridized carbons (Fsp3) is 0.250. The number of nitrogen functional groups attached to an aromatic ring is 1. The van der Waals surface area contributed by atoms with Gasteiger partial charge in [-0.1, -0.05) is 6.07 Å². The fourth-order valence-corrected chi connectivity index (χ4v) is 2.49. The Morgan fingerprint density at radius 3 is 2.74 bits per heavy atom. The Morgan fingerprint density at radius 1 is 1.42 bits per heavy atom. The molecular formula is C12H14N4O2S. The lowest BCUT2D eigenvalue weighted by Gasteiger charge is -2.09. The highest BCUT2D eigenvalue weighted by atomic mass is 32.2. The first-order chi connectivity index (χ1) is 9.04. The molecule has 1 aromatic heterocycles. The van der Waals surface area contributed by atoms with Crippen LogP contribution in [0.1, 0.15) is 16.2 Å². The van der Waals surface area contributed by atoms with Crippen molar-refractivity contribution in [3.05, 3.63) is 29.6 Å². The molecule has 0 unspecified atom stereocenters. The Kier molecular flexibility index (Phi) is 3.75. The number of anilines is 1. The molecule has 0 fully saturated rings. The van der Waals surface area contributed by atoms with Gasteiger partial charge in [0.2, 0.25) is 0 Å². The predicted octanol–water partition coefficient (Wildman–Crippen LogP) is 1.64. The van der Waals surface area contributed by atoms with E-state index in [0.29, 0.717) is 21.3 Å². The molecule has 0 spiro atoms. The third-order valence-corrected chi connectivity index (χ3v) is 3.89. The van der Waals surface area contributed by atoms with E-state index in [9.17, 15) is 4.79 Å². The van der Waals surface area contributed by atoms with Gasteiger partial charge in [-0.3, -0.25) is 0 Å². The summed E-state index contributed by atoms with van der Waals surface area (Å²) in [6.07, 6.45) is 0. The van der Waals surface area contributed by atoms with Crippen LogP contribution in [0.5, 0.6) is 0 Å². The monoisotopic (exact) mass is 278 g/mol. The second-order valence-corrected chi connectivity index (χ2v) is 4.88. The molecule has 0 amide bonds. The number of ether oxygens (including phenoxy) is 1. The number of aromatic nitrogens is 3. The van der Waals surface area contributed by atoms with Crippen molar-refractivity contribution in [2.45, 2.75) is 17.0 Å². The van der Waals surface area contributed by atoms with Gasteiger partial charge in [-0.05, 0) is 30.8 Å². The van der Waals surface area contributed by atoms with Crippen molar-refractivity contribution in [1.29, 1.82) is 0 Å². The number of carbonyl (C=O) groups is 1. The lowest BCUT2D eigenvalue weighted by Crippen LogP contribution is -2.05. The number of carbonyl (C=O) groups excluding carboxylic acids is 1. The van der Waals surface area contributed by atoms with E-state index in [4.69, 9.17) is 10.5 Å². The molecule has 0 aliphatic rings. The highest BCUT2D eigenvalue weighted by molar-refractivity contribution is 7.99. The van der Waals surface area contributed by atoms with E-state index >= 15 is 0 Å². The van der Waals surface area contributed by atoms with Crippen LogP contribution in [0.4, 0.5) is 5.69 Å². The highest BCUT2D eigenvalue weighted by Gasteiger charge is 2.17. The summed E-state index contributed by atoms with van der Waals surface area (Å²) in [5.74, 6) is 0.366. The molecule has 0 radical (unpaired) electrons. The molecule has 0 aliphatic heterocycles. The van der Waals surface area contributed by atoms with Crippen molar-refractivity contribution in [2.24, 2.45) is 7.05 Å². The van der Waals surface area contributed by atoms with Gasteiger partial charge in [0.15, 0.2) is 5.16 Å². The Bertz CT molecular complexity index is 624. The quantitative estimate of drug-likeness (QED) is 0.679. The number of hydrogen-bond acceptors (Lipinski definition) is 6. The zero-order valence-corrected chi connectivity index (χ0v) is 11.7. The summed E-state index contributed by atoms with van der Waals surface area (Å²) in [6, 6.07) is 5.12. The molecule has 2 aromatic rings. The van der Waals surface area contributed by atoms with Gasteiger partial charge in [0, 0.05) is 12.7 Å². The number of hydrogen-bond donors (Lipinski definition) is 1.